The quantitative estimate of drug-likeness (QED) is 0.406. The lowest BCUT2D eigenvalue weighted by Gasteiger charge is -2.31. The van der Waals surface area contributed by atoms with Gasteiger partial charge in [0.1, 0.15) is 11.8 Å². The van der Waals surface area contributed by atoms with Crippen molar-refractivity contribution in [3.63, 3.8) is 0 Å². The summed E-state index contributed by atoms with van der Waals surface area (Å²) in [6.45, 7) is 5.70. The molecule has 8 heteroatoms. The van der Waals surface area contributed by atoms with Crippen molar-refractivity contribution in [2.24, 2.45) is 0 Å². The molecule has 1 fully saturated rings. The van der Waals surface area contributed by atoms with Crippen LogP contribution in [0.15, 0.2) is 30.3 Å². The molecule has 0 saturated heterocycles. The Morgan fingerprint density at radius 3 is 2.29 bits per heavy atom. The van der Waals surface area contributed by atoms with Gasteiger partial charge in [-0.1, -0.05) is 60.6 Å². The second-order valence-electron chi connectivity index (χ2n) is 8.84. The third-order valence-corrected chi connectivity index (χ3v) is 7.53. The van der Waals surface area contributed by atoms with Crippen LogP contribution >= 0.6 is 34.8 Å². The number of hydrogen-bond acceptors (Lipinski definition) is 3. The molecule has 1 aliphatic rings. The zero-order valence-electron chi connectivity index (χ0n) is 19.8. The molecule has 1 aliphatic carbocycles. The average Bonchev–Trinajstić information content (AvgIpc) is 3.31. The number of amides is 2. The maximum Gasteiger partial charge on any atom is 0.261 e. The van der Waals surface area contributed by atoms with Crippen LogP contribution in [0.25, 0.3) is 0 Å². The number of rotatable bonds is 9. The minimum Gasteiger partial charge on any atom is -0.484 e. The Balaban J connectivity index is 1.80. The molecule has 0 radical (unpaired) electrons. The Morgan fingerprint density at radius 2 is 1.71 bits per heavy atom. The van der Waals surface area contributed by atoms with Crippen LogP contribution in [-0.4, -0.2) is 35.4 Å². The van der Waals surface area contributed by atoms with E-state index in [0.29, 0.717) is 27.2 Å². The van der Waals surface area contributed by atoms with E-state index < -0.39 is 6.04 Å². The highest BCUT2D eigenvalue weighted by Gasteiger charge is 2.31. The molecular formula is C26H31Cl3N2O3. The third-order valence-electron chi connectivity index (χ3n) is 6.20. The maximum atomic E-state index is 13.4. The van der Waals surface area contributed by atoms with E-state index in [-0.39, 0.29) is 31.0 Å². The first kappa shape index (κ1) is 26.7. The van der Waals surface area contributed by atoms with E-state index in [0.717, 1.165) is 42.4 Å². The highest BCUT2D eigenvalue weighted by Crippen LogP contribution is 2.27. The van der Waals surface area contributed by atoms with Crippen LogP contribution in [0.2, 0.25) is 15.1 Å². The lowest BCUT2D eigenvalue weighted by atomic mass is 10.1. The second kappa shape index (κ2) is 12.1. The van der Waals surface area contributed by atoms with E-state index in [9.17, 15) is 9.59 Å². The van der Waals surface area contributed by atoms with Crippen molar-refractivity contribution in [1.29, 1.82) is 0 Å². The molecule has 0 unspecified atom stereocenters. The number of ether oxygens (including phenoxy) is 1. The van der Waals surface area contributed by atoms with Crippen LogP contribution in [0.3, 0.4) is 0 Å². The number of benzene rings is 2. The zero-order valence-corrected chi connectivity index (χ0v) is 22.1. The summed E-state index contributed by atoms with van der Waals surface area (Å²) in [6.07, 6.45) is 4.65. The topological polar surface area (TPSA) is 58.6 Å². The van der Waals surface area contributed by atoms with E-state index >= 15 is 0 Å². The van der Waals surface area contributed by atoms with E-state index in [1.807, 2.05) is 26.8 Å². The molecule has 0 heterocycles. The van der Waals surface area contributed by atoms with E-state index in [4.69, 9.17) is 39.5 Å². The zero-order chi connectivity index (χ0) is 24.8. The predicted octanol–water partition coefficient (Wildman–Crippen LogP) is 6.51. The van der Waals surface area contributed by atoms with Crippen LogP contribution in [0.5, 0.6) is 5.75 Å². The summed E-state index contributed by atoms with van der Waals surface area (Å²) in [5.41, 5.74) is 2.53. The predicted molar refractivity (Wildman–Crippen MR) is 138 cm³/mol. The van der Waals surface area contributed by atoms with Gasteiger partial charge in [-0.05, 0) is 74.1 Å². The second-order valence-corrected chi connectivity index (χ2v) is 10.0. The molecule has 1 atom stereocenters. The Hall–Kier alpha value is -1.95. The fourth-order valence-electron chi connectivity index (χ4n) is 4.34. The molecule has 1 N–H and O–H groups in total. The van der Waals surface area contributed by atoms with Crippen LogP contribution in [-0.2, 0) is 16.1 Å². The van der Waals surface area contributed by atoms with Crippen LogP contribution in [0, 0.1) is 13.8 Å². The average molecular weight is 526 g/mol. The van der Waals surface area contributed by atoms with Crippen molar-refractivity contribution in [3.05, 3.63) is 62.1 Å². The van der Waals surface area contributed by atoms with Crippen molar-refractivity contribution in [2.75, 3.05) is 6.61 Å². The molecule has 2 aromatic rings. The Morgan fingerprint density at radius 1 is 1.06 bits per heavy atom. The SMILES string of the molecule is CC[C@H](C(=O)NC1CCCC1)N(Cc1ccc(Cl)c(Cl)c1)C(=O)COc1cc(C)c(Cl)c(C)c1. The maximum absolute atomic E-state index is 13.4. The monoisotopic (exact) mass is 524 g/mol. The van der Waals surface area contributed by atoms with Gasteiger partial charge in [0.05, 0.1) is 10.0 Å². The number of nitrogens with one attached hydrogen (secondary N) is 1. The van der Waals surface area contributed by atoms with E-state index in [1.165, 1.54) is 0 Å². The van der Waals surface area contributed by atoms with Gasteiger partial charge in [-0.2, -0.15) is 0 Å². The largest absolute Gasteiger partial charge is 0.484 e. The Bertz CT molecular complexity index is 1010. The van der Waals surface area contributed by atoms with Gasteiger partial charge in [0.15, 0.2) is 6.61 Å². The van der Waals surface area contributed by atoms with Crippen molar-refractivity contribution < 1.29 is 14.3 Å². The first-order chi connectivity index (χ1) is 16.2. The molecule has 3 rings (SSSR count). The molecule has 34 heavy (non-hydrogen) atoms. The van der Waals surface area contributed by atoms with Gasteiger partial charge in [0, 0.05) is 17.6 Å². The molecule has 0 spiro atoms. The molecule has 0 bridgehead atoms. The fourth-order valence-corrected chi connectivity index (χ4v) is 4.77. The minimum atomic E-state index is -0.625. The number of aryl methyl sites for hydroxylation is 2. The summed E-state index contributed by atoms with van der Waals surface area (Å²) >= 11 is 18.5. The molecule has 2 aromatic carbocycles. The molecule has 184 valence electrons. The van der Waals surface area contributed by atoms with E-state index in [2.05, 4.69) is 5.32 Å². The molecule has 0 aromatic heterocycles. The number of nitrogens with zero attached hydrogens (tertiary/aromatic N) is 1. The fraction of sp³-hybridized carbons (Fsp3) is 0.462. The Kier molecular flexibility index (Phi) is 9.52. The van der Waals surface area contributed by atoms with Crippen molar-refractivity contribution in [1.82, 2.24) is 10.2 Å². The number of halogens is 3. The van der Waals surface area contributed by atoms with Crippen molar-refractivity contribution >= 4 is 46.6 Å². The number of carbonyl (C=O) groups excluding carboxylic acids is 2. The standard InChI is InChI=1S/C26H31Cl3N2O3/c1-4-23(26(33)30-19-7-5-6-8-19)31(14-18-9-10-21(27)22(28)13-18)24(32)15-34-20-11-16(2)25(29)17(3)12-20/h9-13,19,23H,4-8,14-15H2,1-3H3,(H,30,33)/t23-/m1/s1. The van der Waals surface area contributed by atoms with Gasteiger partial charge < -0.3 is 15.0 Å². The molecule has 0 aliphatic heterocycles. The van der Waals surface area contributed by atoms with Gasteiger partial charge in [-0.15, -0.1) is 0 Å². The molecule has 2 amide bonds. The minimum absolute atomic E-state index is 0.138. The van der Waals surface area contributed by atoms with Gasteiger partial charge in [0.25, 0.3) is 5.91 Å². The van der Waals surface area contributed by atoms with Crippen LogP contribution in [0.1, 0.15) is 55.7 Å². The number of hydrogen-bond donors (Lipinski definition) is 1. The highest BCUT2D eigenvalue weighted by atomic mass is 35.5. The summed E-state index contributed by atoms with van der Waals surface area (Å²) in [4.78, 5) is 28.1. The number of carbonyl (C=O) groups is 2. The normalized spacial score (nSPS) is 14.6. The summed E-state index contributed by atoms with van der Waals surface area (Å²) < 4.78 is 5.83. The lowest BCUT2D eigenvalue weighted by molar-refractivity contribution is -0.143. The third kappa shape index (κ3) is 6.80. The first-order valence-electron chi connectivity index (χ1n) is 11.6. The summed E-state index contributed by atoms with van der Waals surface area (Å²) in [5, 5.41) is 4.64. The van der Waals surface area contributed by atoms with Crippen LogP contribution in [0.4, 0.5) is 0 Å². The Labute approximate surface area is 216 Å². The van der Waals surface area contributed by atoms with Gasteiger partial charge >= 0.3 is 0 Å². The summed E-state index contributed by atoms with van der Waals surface area (Å²) in [5.74, 6) is 0.136. The van der Waals surface area contributed by atoms with Gasteiger partial charge in [-0.3, -0.25) is 9.59 Å². The van der Waals surface area contributed by atoms with Crippen LogP contribution < -0.4 is 10.1 Å². The van der Waals surface area contributed by atoms with Gasteiger partial charge in [0.2, 0.25) is 5.91 Å². The molecule has 1 saturated carbocycles. The summed E-state index contributed by atoms with van der Waals surface area (Å²) in [7, 11) is 0. The highest BCUT2D eigenvalue weighted by molar-refractivity contribution is 6.42. The van der Waals surface area contributed by atoms with Crippen molar-refractivity contribution in [2.45, 2.75) is 71.5 Å². The molecular weight excluding hydrogens is 495 g/mol. The van der Waals surface area contributed by atoms with Gasteiger partial charge in [-0.25, -0.2) is 0 Å². The lowest BCUT2D eigenvalue weighted by Crippen LogP contribution is -2.52. The summed E-state index contributed by atoms with van der Waals surface area (Å²) in [6, 6.07) is 8.37. The van der Waals surface area contributed by atoms with E-state index in [1.54, 1.807) is 29.2 Å². The molecule has 5 nitrogen and oxygen atoms in total. The van der Waals surface area contributed by atoms with Crippen molar-refractivity contribution in [3.8, 4) is 5.75 Å². The smallest absolute Gasteiger partial charge is 0.261 e. The first-order valence-corrected chi connectivity index (χ1v) is 12.8.